The number of hydrogen-bond donors (Lipinski definition) is 0. The fraction of sp³-hybridized carbons (Fsp3) is 0.533. The number of ether oxygens (including phenoxy) is 1. The molecule has 0 saturated carbocycles. The maximum Gasteiger partial charge on any atom is 0.241 e. The van der Waals surface area contributed by atoms with Crippen LogP contribution < -0.4 is 21.9 Å². The third-order valence-corrected chi connectivity index (χ3v) is 3.28. The Bertz CT molecular complexity index is 406. The van der Waals surface area contributed by atoms with Crippen LogP contribution in [0, 0.1) is 0 Å². The highest BCUT2D eigenvalue weighted by molar-refractivity contribution is 5.95. The number of halogens is 1. The second-order valence-corrected chi connectivity index (χ2v) is 5.08. The van der Waals surface area contributed by atoms with Gasteiger partial charge in [0.2, 0.25) is 5.91 Å². The van der Waals surface area contributed by atoms with Gasteiger partial charge in [-0.2, -0.15) is 0 Å². The van der Waals surface area contributed by atoms with E-state index in [4.69, 9.17) is 4.74 Å². The van der Waals surface area contributed by atoms with Crippen LogP contribution >= 0.6 is 0 Å². The van der Waals surface area contributed by atoms with E-state index in [1.54, 1.807) is 0 Å². The van der Waals surface area contributed by atoms with Crippen LogP contribution in [0.3, 0.4) is 0 Å². The van der Waals surface area contributed by atoms with Crippen molar-refractivity contribution in [2.45, 2.75) is 19.9 Å². The number of para-hydroxylation sites is 1. The van der Waals surface area contributed by atoms with Crippen LogP contribution in [0.25, 0.3) is 0 Å². The molecule has 1 heterocycles. The Labute approximate surface area is 131 Å². The molecule has 0 spiro atoms. The fourth-order valence-electron chi connectivity index (χ4n) is 2.35. The predicted octanol–water partition coefficient (Wildman–Crippen LogP) is -1.24. The van der Waals surface area contributed by atoms with Crippen molar-refractivity contribution < 1.29 is 26.5 Å². The number of benzene rings is 1. The SMILES string of the molecule is CC(C)N(C(=O)CN1CCOCC1)c1ccccc1.[Br-]. The number of carbonyl (C=O) groups is 1. The molecule has 0 radical (unpaired) electrons. The van der Waals surface area contributed by atoms with E-state index < -0.39 is 0 Å². The molecule has 5 heteroatoms. The monoisotopic (exact) mass is 341 g/mol. The lowest BCUT2D eigenvalue weighted by atomic mass is 10.2. The molecule has 1 saturated heterocycles. The Balaban J connectivity index is 0.00000200. The Kier molecular flexibility index (Phi) is 7.19. The first-order valence-corrected chi connectivity index (χ1v) is 6.85. The molecule has 0 aromatic heterocycles. The van der Waals surface area contributed by atoms with Crippen LogP contribution in [0.1, 0.15) is 13.8 Å². The molecule has 1 fully saturated rings. The van der Waals surface area contributed by atoms with E-state index in [-0.39, 0.29) is 28.9 Å². The summed E-state index contributed by atoms with van der Waals surface area (Å²) in [4.78, 5) is 16.5. The molecule has 1 aromatic rings. The average Bonchev–Trinajstić information content (AvgIpc) is 2.40. The molecule has 2 rings (SSSR count). The van der Waals surface area contributed by atoms with Crippen molar-refractivity contribution in [3.05, 3.63) is 30.3 Å². The van der Waals surface area contributed by atoms with Gasteiger partial charge in [0.15, 0.2) is 0 Å². The van der Waals surface area contributed by atoms with Gasteiger partial charge in [-0.05, 0) is 26.0 Å². The third kappa shape index (κ3) is 4.58. The summed E-state index contributed by atoms with van der Waals surface area (Å²) in [5.41, 5.74) is 0.968. The quantitative estimate of drug-likeness (QED) is 0.687. The summed E-state index contributed by atoms with van der Waals surface area (Å²) in [7, 11) is 0. The van der Waals surface area contributed by atoms with Gasteiger partial charge in [0.05, 0.1) is 19.8 Å². The lowest BCUT2D eigenvalue weighted by Crippen LogP contribution is -3.00. The molecule has 1 aliphatic heterocycles. The highest BCUT2D eigenvalue weighted by atomic mass is 79.9. The predicted molar refractivity (Wildman–Crippen MR) is 76.3 cm³/mol. The van der Waals surface area contributed by atoms with Gasteiger partial charge in [-0.3, -0.25) is 9.69 Å². The summed E-state index contributed by atoms with van der Waals surface area (Å²) in [6.45, 7) is 7.68. The zero-order valence-electron chi connectivity index (χ0n) is 12.1. The van der Waals surface area contributed by atoms with Gasteiger partial charge in [-0.15, -0.1) is 0 Å². The largest absolute Gasteiger partial charge is 1.00 e. The highest BCUT2D eigenvalue weighted by Crippen LogP contribution is 2.17. The molecule has 1 aromatic carbocycles. The van der Waals surface area contributed by atoms with Crippen molar-refractivity contribution in [3.8, 4) is 0 Å². The summed E-state index contributed by atoms with van der Waals surface area (Å²) in [5, 5.41) is 0. The summed E-state index contributed by atoms with van der Waals surface area (Å²) < 4.78 is 5.31. The summed E-state index contributed by atoms with van der Waals surface area (Å²) in [6, 6.07) is 10.0. The van der Waals surface area contributed by atoms with Crippen LogP contribution in [0.4, 0.5) is 5.69 Å². The molecule has 1 aliphatic rings. The van der Waals surface area contributed by atoms with Gasteiger partial charge >= 0.3 is 0 Å². The van der Waals surface area contributed by atoms with Gasteiger partial charge in [-0.25, -0.2) is 0 Å². The highest BCUT2D eigenvalue weighted by Gasteiger charge is 2.22. The minimum absolute atomic E-state index is 0. The normalized spacial score (nSPS) is 15.8. The van der Waals surface area contributed by atoms with Crippen molar-refractivity contribution in [1.29, 1.82) is 0 Å². The number of morpholine rings is 1. The minimum atomic E-state index is 0. The van der Waals surface area contributed by atoms with Crippen LogP contribution in [-0.4, -0.2) is 49.7 Å². The van der Waals surface area contributed by atoms with Crippen molar-refractivity contribution in [2.24, 2.45) is 0 Å². The first-order valence-electron chi connectivity index (χ1n) is 6.85. The molecule has 0 unspecified atom stereocenters. The number of hydrogen-bond acceptors (Lipinski definition) is 3. The Morgan fingerprint density at radius 3 is 2.40 bits per heavy atom. The van der Waals surface area contributed by atoms with Gasteiger partial charge in [0.1, 0.15) is 0 Å². The van der Waals surface area contributed by atoms with E-state index >= 15 is 0 Å². The number of nitrogens with zero attached hydrogens (tertiary/aromatic N) is 2. The number of amides is 1. The first kappa shape index (κ1) is 17.1. The molecule has 0 aliphatic carbocycles. The van der Waals surface area contributed by atoms with Gasteiger partial charge in [-0.1, -0.05) is 18.2 Å². The topological polar surface area (TPSA) is 32.8 Å². The van der Waals surface area contributed by atoms with Crippen molar-refractivity contribution >= 4 is 11.6 Å². The van der Waals surface area contributed by atoms with Crippen LogP contribution in [0.2, 0.25) is 0 Å². The molecule has 1 amide bonds. The maximum absolute atomic E-state index is 12.5. The zero-order chi connectivity index (χ0) is 13.7. The summed E-state index contributed by atoms with van der Waals surface area (Å²) in [6.07, 6.45) is 0. The van der Waals surface area contributed by atoms with E-state index in [0.717, 1.165) is 32.0 Å². The van der Waals surface area contributed by atoms with Gasteiger partial charge in [0.25, 0.3) is 0 Å². The third-order valence-electron chi connectivity index (χ3n) is 3.28. The second-order valence-electron chi connectivity index (χ2n) is 5.08. The Hall–Kier alpha value is -0.910. The molecule has 112 valence electrons. The van der Waals surface area contributed by atoms with E-state index in [2.05, 4.69) is 4.90 Å². The lowest BCUT2D eigenvalue weighted by molar-refractivity contribution is -0.121. The standard InChI is InChI=1S/C15H22N2O2.BrH/c1-13(2)17(14-6-4-3-5-7-14)15(18)12-16-8-10-19-11-9-16;/h3-7,13H,8-12H2,1-2H3;1H/p-1. The number of anilines is 1. The molecule has 4 nitrogen and oxygen atoms in total. The lowest BCUT2D eigenvalue weighted by Gasteiger charge is -2.31. The van der Waals surface area contributed by atoms with E-state index in [1.807, 2.05) is 49.1 Å². The molecule has 0 bridgehead atoms. The van der Waals surface area contributed by atoms with E-state index in [9.17, 15) is 4.79 Å². The fourth-order valence-corrected chi connectivity index (χ4v) is 2.35. The molecule has 20 heavy (non-hydrogen) atoms. The molecule has 0 atom stereocenters. The van der Waals surface area contributed by atoms with Crippen LogP contribution in [-0.2, 0) is 9.53 Å². The Morgan fingerprint density at radius 2 is 1.85 bits per heavy atom. The molecular weight excluding hydrogens is 320 g/mol. The molecular formula is C15H22BrN2O2-. The van der Waals surface area contributed by atoms with Crippen molar-refractivity contribution in [3.63, 3.8) is 0 Å². The minimum Gasteiger partial charge on any atom is -1.00 e. The van der Waals surface area contributed by atoms with E-state index in [1.165, 1.54) is 0 Å². The number of carbonyl (C=O) groups excluding carboxylic acids is 1. The van der Waals surface area contributed by atoms with Crippen molar-refractivity contribution in [1.82, 2.24) is 4.90 Å². The van der Waals surface area contributed by atoms with Gasteiger partial charge < -0.3 is 26.6 Å². The average molecular weight is 342 g/mol. The van der Waals surface area contributed by atoms with E-state index in [0.29, 0.717) is 6.54 Å². The maximum atomic E-state index is 12.5. The summed E-state index contributed by atoms with van der Waals surface area (Å²) in [5.74, 6) is 0.156. The first-order chi connectivity index (χ1) is 9.18. The van der Waals surface area contributed by atoms with Gasteiger partial charge in [0, 0.05) is 24.8 Å². The zero-order valence-corrected chi connectivity index (χ0v) is 13.7. The molecule has 0 N–H and O–H groups in total. The Morgan fingerprint density at radius 1 is 1.25 bits per heavy atom. The smallest absolute Gasteiger partial charge is 0.241 e. The number of rotatable bonds is 4. The van der Waals surface area contributed by atoms with Crippen molar-refractivity contribution in [2.75, 3.05) is 37.7 Å². The summed E-state index contributed by atoms with van der Waals surface area (Å²) >= 11 is 0. The van der Waals surface area contributed by atoms with Crippen LogP contribution in [0.15, 0.2) is 30.3 Å². The van der Waals surface area contributed by atoms with Crippen LogP contribution in [0.5, 0.6) is 0 Å². The second kappa shape index (κ2) is 8.39.